The minimum atomic E-state index is -4.95. The summed E-state index contributed by atoms with van der Waals surface area (Å²) in [7, 11) is -9.90. The van der Waals surface area contributed by atoms with Crippen molar-refractivity contribution in [1.29, 1.82) is 0 Å². The van der Waals surface area contributed by atoms with Crippen LogP contribution in [0, 0.1) is 11.8 Å². The van der Waals surface area contributed by atoms with Crippen molar-refractivity contribution in [1.82, 2.24) is 0 Å². The highest BCUT2D eigenvalue weighted by atomic mass is 31.2. The smallest absolute Gasteiger partial charge is 0.462 e. The van der Waals surface area contributed by atoms with Gasteiger partial charge < -0.3 is 33.8 Å². The number of ether oxygens (including phenoxy) is 4. The number of hydrogen-bond acceptors (Lipinski definition) is 15. The maximum Gasteiger partial charge on any atom is 0.472 e. The number of esters is 4. The summed E-state index contributed by atoms with van der Waals surface area (Å²) in [5.41, 5.74) is 0. The lowest BCUT2D eigenvalue weighted by molar-refractivity contribution is -0.161. The summed E-state index contributed by atoms with van der Waals surface area (Å²) in [5.74, 6) is -0.530. The number of unbranched alkanes of at least 4 members (excludes halogenated alkanes) is 43. The minimum Gasteiger partial charge on any atom is -0.462 e. The van der Waals surface area contributed by atoms with E-state index in [0.717, 1.165) is 102 Å². The van der Waals surface area contributed by atoms with Crippen LogP contribution in [0.5, 0.6) is 0 Å². The quantitative estimate of drug-likeness (QED) is 0.0222. The third-order valence-corrected chi connectivity index (χ3v) is 19.7. The second-order valence-corrected chi connectivity index (χ2v) is 30.7. The topological polar surface area (TPSA) is 237 Å². The Labute approximate surface area is 575 Å². The van der Waals surface area contributed by atoms with Crippen LogP contribution in [0.3, 0.4) is 0 Å². The average Bonchev–Trinajstić information content (AvgIpc) is 1.28. The molecule has 17 nitrogen and oxygen atoms in total. The van der Waals surface area contributed by atoms with Gasteiger partial charge in [0.15, 0.2) is 12.2 Å². The molecular weight excluding hydrogens is 1230 g/mol. The van der Waals surface area contributed by atoms with Crippen molar-refractivity contribution in [2.75, 3.05) is 39.6 Å². The molecule has 0 rings (SSSR count). The summed E-state index contributed by atoms with van der Waals surface area (Å²) in [4.78, 5) is 72.6. The number of rotatable bonds is 74. The van der Waals surface area contributed by atoms with Crippen LogP contribution in [0.25, 0.3) is 0 Å². The van der Waals surface area contributed by atoms with Crippen LogP contribution in [0.4, 0.5) is 0 Å². The van der Waals surface area contributed by atoms with E-state index in [1.54, 1.807) is 0 Å². The van der Waals surface area contributed by atoms with E-state index in [-0.39, 0.29) is 25.7 Å². The molecule has 558 valence electrons. The zero-order valence-corrected chi connectivity index (χ0v) is 63.1. The lowest BCUT2D eigenvalue weighted by Gasteiger charge is -2.21. The first-order valence-electron chi connectivity index (χ1n) is 39.0. The number of carbonyl (C=O) groups excluding carboxylic acids is 4. The molecule has 0 spiro atoms. The third kappa shape index (κ3) is 67.3. The molecule has 0 fully saturated rings. The number of phosphoric acid groups is 2. The van der Waals surface area contributed by atoms with Crippen molar-refractivity contribution in [2.45, 2.75) is 407 Å². The van der Waals surface area contributed by atoms with Crippen molar-refractivity contribution in [3.63, 3.8) is 0 Å². The molecule has 0 aliphatic heterocycles. The lowest BCUT2D eigenvalue weighted by atomic mass is 9.99. The maximum absolute atomic E-state index is 13.1. The molecule has 0 aliphatic carbocycles. The molecule has 0 saturated heterocycles. The normalized spacial score (nSPS) is 14.3. The second-order valence-electron chi connectivity index (χ2n) is 27.8. The summed E-state index contributed by atoms with van der Waals surface area (Å²) in [6.07, 6.45) is 54.2. The van der Waals surface area contributed by atoms with Gasteiger partial charge in [0.1, 0.15) is 19.3 Å². The Bertz CT molecular complexity index is 1820. The molecule has 0 aromatic carbocycles. The van der Waals surface area contributed by atoms with E-state index in [2.05, 4.69) is 41.5 Å². The molecule has 6 atom stereocenters. The molecule has 94 heavy (non-hydrogen) atoms. The highest BCUT2D eigenvalue weighted by Gasteiger charge is 2.30. The van der Waals surface area contributed by atoms with E-state index in [0.29, 0.717) is 25.7 Å². The molecule has 0 saturated carbocycles. The molecule has 0 amide bonds. The standard InChI is InChI=1S/C75H146O17P2/c1-7-10-12-14-16-18-19-29-33-40-46-52-58-73(78)86-64-70(91-74(79)59-53-47-41-34-30-27-25-23-21-20-22-24-26-28-32-38-44-50-56-68(6)9-3)65-89-93(81,82)87-61-69(76)62-88-94(83,84)90-66-71(63-85-72(77)57-51-45-39-31-17-15-13-11-8-2)92-75(80)60-54-48-42-36-35-37-43-49-55-67(4)5/h67-71,76H,7-66H2,1-6H3,(H,81,82)(H,83,84)/t68?,69-,70-,71-/m1/s1. The highest BCUT2D eigenvalue weighted by Crippen LogP contribution is 2.45. The van der Waals surface area contributed by atoms with Crippen LogP contribution >= 0.6 is 15.6 Å². The fourth-order valence-electron chi connectivity index (χ4n) is 11.4. The Morgan fingerprint density at radius 3 is 0.809 bits per heavy atom. The molecule has 0 bridgehead atoms. The first-order valence-corrected chi connectivity index (χ1v) is 42.0. The lowest BCUT2D eigenvalue weighted by Crippen LogP contribution is -2.30. The van der Waals surface area contributed by atoms with Crippen molar-refractivity contribution >= 4 is 39.5 Å². The molecule has 19 heteroatoms. The van der Waals surface area contributed by atoms with E-state index in [1.165, 1.54) is 205 Å². The Balaban J connectivity index is 5.16. The van der Waals surface area contributed by atoms with Gasteiger partial charge in [-0.25, -0.2) is 9.13 Å². The van der Waals surface area contributed by atoms with E-state index in [1.807, 2.05) is 0 Å². The van der Waals surface area contributed by atoms with Crippen molar-refractivity contribution < 1.29 is 80.2 Å². The largest absolute Gasteiger partial charge is 0.472 e. The molecule has 0 aromatic heterocycles. The van der Waals surface area contributed by atoms with E-state index in [4.69, 9.17) is 37.0 Å². The zero-order chi connectivity index (χ0) is 69.3. The molecule has 0 radical (unpaired) electrons. The average molecular weight is 1380 g/mol. The number of phosphoric ester groups is 2. The number of aliphatic hydroxyl groups is 1. The van der Waals surface area contributed by atoms with Gasteiger partial charge in [0.2, 0.25) is 0 Å². The Kier molecular flexibility index (Phi) is 65.5. The first-order chi connectivity index (χ1) is 45.4. The number of hydrogen-bond donors (Lipinski definition) is 3. The SMILES string of the molecule is CCCCCCCCCCCCCCC(=O)OC[C@H](COP(=O)(O)OC[C@@H](O)COP(=O)(O)OC[C@@H](COC(=O)CCCCCCCCCCC)OC(=O)CCCCCCCCCCC(C)C)OC(=O)CCCCCCCCCCCCCCCCCCCCC(C)CC. The molecule has 0 aromatic rings. The van der Waals surface area contributed by atoms with Crippen LogP contribution in [0.15, 0.2) is 0 Å². The van der Waals surface area contributed by atoms with Crippen molar-refractivity contribution in [3.8, 4) is 0 Å². The predicted molar refractivity (Wildman–Crippen MR) is 381 cm³/mol. The number of carbonyl (C=O) groups is 4. The fourth-order valence-corrected chi connectivity index (χ4v) is 13.0. The maximum atomic E-state index is 13.1. The van der Waals surface area contributed by atoms with E-state index >= 15 is 0 Å². The Morgan fingerprint density at radius 2 is 0.543 bits per heavy atom. The molecular formula is C75H146O17P2. The summed E-state index contributed by atoms with van der Waals surface area (Å²) in [5, 5.41) is 10.6. The summed E-state index contributed by atoms with van der Waals surface area (Å²) in [6.45, 7) is 9.59. The van der Waals surface area contributed by atoms with Crippen molar-refractivity contribution in [2.24, 2.45) is 11.8 Å². The van der Waals surface area contributed by atoms with Crippen LogP contribution in [0.1, 0.15) is 388 Å². The van der Waals surface area contributed by atoms with Crippen LogP contribution in [-0.2, 0) is 65.4 Å². The van der Waals surface area contributed by atoms with Crippen LogP contribution < -0.4 is 0 Å². The van der Waals surface area contributed by atoms with Gasteiger partial charge in [0.25, 0.3) is 0 Å². The van der Waals surface area contributed by atoms with Gasteiger partial charge in [0.05, 0.1) is 26.4 Å². The van der Waals surface area contributed by atoms with E-state index < -0.39 is 97.5 Å². The van der Waals surface area contributed by atoms with E-state index in [9.17, 15) is 43.2 Å². The highest BCUT2D eigenvalue weighted by molar-refractivity contribution is 7.47. The van der Waals surface area contributed by atoms with Crippen LogP contribution in [-0.4, -0.2) is 96.7 Å². The summed E-state index contributed by atoms with van der Waals surface area (Å²) >= 11 is 0. The predicted octanol–water partition coefficient (Wildman–Crippen LogP) is 21.9. The first kappa shape index (κ1) is 92.1. The van der Waals surface area contributed by atoms with Crippen molar-refractivity contribution in [3.05, 3.63) is 0 Å². The fraction of sp³-hybridized carbons (Fsp3) is 0.947. The van der Waals surface area contributed by atoms with Crippen LogP contribution in [0.2, 0.25) is 0 Å². The summed E-state index contributed by atoms with van der Waals surface area (Å²) in [6, 6.07) is 0. The van der Waals surface area contributed by atoms with Gasteiger partial charge in [-0.3, -0.25) is 37.3 Å². The monoisotopic (exact) mass is 1380 g/mol. The zero-order valence-electron chi connectivity index (χ0n) is 61.3. The third-order valence-electron chi connectivity index (χ3n) is 17.8. The van der Waals surface area contributed by atoms with Gasteiger partial charge >= 0.3 is 39.5 Å². The van der Waals surface area contributed by atoms with Gasteiger partial charge in [0, 0.05) is 25.7 Å². The molecule has 3 N–H and O–H groups in total. The second kappa shape index (κ2) is 66.9. The number of aliphatic hydroxyl groups excluding tert-OH is 1. The van der Waals surface area contributed by atoms with Gasteiger partial charge in [-0.2, -0.15) is 0 Å². The summed E-state index contributed by atoms with van der Waals surface area (Å²) < 4.78 is 68.4. The molecule has 0 aliphatic rings. The Hall–Kier alpha value is -1.94. The molecule has 3 unspecified atom stereocenters. The molecule has 0 heterocycles. The van der Waals surface area contributed by atoms with Gasteiger partial charge in [-0.05, 0) is 37.5 Å². The Morgan fingerprint density at radius 1 is 0.309 bits per heavy atom. The van der Waals surface area contributed by atoms with Gasteiger partial charge in [-0.1, -0.05) is 337 Å². The van der Waals surface area contributed by atoms with Gasteiger partial charge in [-0.15, -0.1) is 0 Å². The minimum absolute atomic E-state index is 0.105.